The number of rotatable bonds is 2. The molecule has 0 radical (unpaired) electrons. The van der Waals surface area contributed by atoms with Crippen molar-refractivity contribution < 1.29 is 4.79 Å². The molecule has 0 unspecified atom stereocenters. The van der Waals surface area contributed by atoms with Gasteiger partial charge in [0, 0.05) is 5.56 Å². The van der Waals surface area contributed by atoms with Crippen LogP contribution >= 0.6 is 0 Å². The summed E-state index contributed by atoms with van der Waals surface area (Å²) in [5, 5.41) is 0. The van der Waals surface area contributed by atoms with E-state index in [1.54, 1.807) is 0 Å². The van der Waals surface area contributed by atoms with Gasteiger partial charge in [-0.15, -0.1) is 0 Å². The maximum absolute atomic E-state index is 11.5. The van der Waals surface area contributed by atoms with Crippen LogP contribution in [0.2, 0.25) is 0 Å². The predicted molar refractivity (Wildman–Crippen MR) is 74.6 cm³/mol. The molecule has 18 heavy (non-hydrogen) atoms. The van der Waals surface area contributed by atoms with Gasteiger partial charge in [-0.3, -0.25) is 4.79 Å². The first-order valence-electron chi connectivity index (χ1n) is 5.97. The molecule has 0 atom stereocenters. The summed E-state index contributed by atoms with van der Waals surface area (Å²) < 4.78 is 0. The van der Waals surface area contributed by atoms with E-state index in [-0.39, 0.29) is 5.91 Å². The van der Waals surface area contributed by atoms with Gasteiger partial charge in [0.1, 0.15) is 0 Å². The quantitative estimate of drug-likeness (QED) is 0.857. The van der Waals surface area contributed by atoms with Crippen LogP contribution in [0.3, 0.4) is 0 Å². The number of hydrogen-bond donors (Lipinski definition) is 1. The predicted octanol–water partition coefficient (Wildman–Crippen LogP) is 3.38. The molecule has 1 amide bonds. The Bertz CT molecular complexity index is 597. The molecule has 0 spiro atoms. The topological polar surface area (TPSA) is 43.1 Å². The van der Waals surface area contributed by atoms with Gasteiger partial charge in [0.2, 0.25) is 5.91 Å². The first-order valence-corrected chi connectivity index (χ1v) is 5.97. The average Bonchev–Trinajstić information content (AvgIpc) is 2.33. The lowest BCUT2D eigenvalue weighted by molar-refractivity contribution is 0.100. The third kappa shape index (κ3) is 2.28. The summed E-state index contributed by atoms with van der Waals surface area (Å²) in [6, 6.07) is 12.0. The van der Waals surface area contributed by atoms with Gasteiger partial charge in [0.25, 0.3) is 0 Å². The summed E-state index contributed by atoms with van der Waals surface area (Å²) >= 11 is 0. The molecular weight excluding hydrogens is 222 g/mol. The molecule has 0 aromatic heterocycles. The summed E-state index contributed by atoms with van der Waals surface area (Å²) in [6.45, 7) is 6.07. The lowest BCUT2D eigenvalue weighted by atomic mass is 9.94. The van der Waals surface area contributed by atoms with Crippen molar-refractivity contribution in [3.63, 3.8) is 0 Å². The lowest BCUT2D eigenvalue weighted by Crippen LogP contribution is -2.13. The standard InChI is InChI=1S/C16H17NO/c1-10-4-6-13(7-5-10)14-8-11(2)12(3)9-15(14)16(17)18/h4-9H,1-3H3,(H2,17,18). The lowest BCUT2D eigenvalue weighted by Gasteiger charge is -2.11. The van der Waals surface area contributed by atoms with Crippen molar-refractivity contribution in [3.8, 4) is 11.1 Å². The number of carbonyl (C=O) groups excluding carboxylic acids is 1. The molecular formula is C16H17NO. The van der Waals surface area contributed by atoms with Crippen LogP contribution in [-0.2, 0) is 0 Å². The Hall–Kier alpha value is -2.09. The van der Waals surface area contributed by atoms with E-state index in [0.717, 1.165) is 22.3 Å². The Morgan fingerprint density at radius 1 is 0.944 bits per heavy atom. The molecule has 0 saturated heterocycles. The Labute approximate surface area is 107 Å². The highest BCUT2D eigenvalue weighted by atomic mass is 16.1. The van der Waals surface area contributed by atoms with Crippen molar-refractivity contribution in [2.24, 2.45) is 5.73 Å². The van der Waals surface area contributed by atoms with E-state index < -0.39 is 0 Å². The van der Waals surface area contributed by atoms with Crippen LogP contribution in [0.25, 0.3) is 11.1 Å². The van der Waals surface area contributed by atoms with Gasteiger partial charge in [0.05, 0.1) is 0 Å². The highest BCUT2D eigenvalue weighted by molar-refractivity contribution is 6.00. The fraction of sp³-hybridized carbons (Fsp3) is 0.188. The second kappa shape index (κ2) is 4.65. The summed E-state index contributed by atoms with van der Waals surface area (Å²) in [6.07, 6.45) is 0. The molecule has 2 heteroatoms. The summed E-state index contributed by atoms with van der Waals surface area (Å²) in [5.74, 6) is -0.381. The van der Waals surface area contributed by atoms with E-state index in [9.17, 15) is 4.79 Å². The Balaban J connectivity index is 2.65. The van der Waals surface area contributed by atoms with E-state index in [1.165, 1.54) is 5.56 Å². The van der Waals surface area contributed by atoms with E-state index >= 15 is 0 Å². The van der Waals surface area contributed by atoms with Gasteiger partial charge in [-0.05, 0) is 49.1 Å². The summed E-state index contributed by atoms with van der Waals surface area (Å²) in [4.78, 5) is 11.5. The minimum Gasteiger partial charge on any atom is -0.366 e. The first-order chi connectivity index (χ1) is 8.49. The van der Waals surface area contributed by atoms with Crippen molar-refractivity contribution in [1.82, 2.24) is 0 Å². The number of primary amides is 1. The molecule has 0 bridgehead atoms. The molecule has 2 N–H and O–H groups in total. The van der Waals surface area contributed by atoms with Gasteiger partial charge in [-0.25, -0.2) is 0 Å². The van der Waals surface area contributed by atoms with E-state index in [1.807, 2.05) is 57.2 Å². The molecule has 2 rings (SSSR count). The van der Waals surface area contributed by atoms with Crippen LogP contribution in [0.15, 0.2) is 36.4 Å². The monoisotopic (exact) mass is 239 g/mol. The van der Waals surface area contributed by atoms with Gasteiger partial charge >= 0.3 is 0 Å². The molecule has 2 aromatic carbocycles. The minimum atomic E-state index is -0.381. The largest absolute Gasteiger partial charge is 0.366 e. The third-order valence-electron chi connectivity index (χ3n) is 3.26. The third-order valence-corrected chi connectivity index (χ3v) is 3.26. The second-order valence-electron chi connectivity index (χ2n) is 4.71. The van der Waals surface area contributed by atoms with Gasteiger partial charge in [0.15, 0.2) is 0 Å². The maximum Gasteiger partial charge on any atom is 0.249 e. The van der Waals surface area contributed by atoms with Gasteiger partial charge < -0.3 is 5.73 Å². The van der Waals surface area contributed by atoms with Crippen molar-refractivity contribution in [2.45, 2.75) is 20.8 Å². The number of aryl methyl sites for hydroxylation is 3. The molecule has 2 aromatic rings. The van der Waals surface area contributed by atoms with Crippen LogP contribution in [0.4, 0.5) is 0 Å². The van der Waals surface area contributed by atoms with Crippen molar-refractivity contribution in [1.29, 1.82) is 0 Å². The SMILES string of the molecule is Cc1ccc(-c2cc(C)c(C)cc2C(N)=O)cc1. The number of carbonyl (C=O) groups is 1. The van der Waals surface area contributed by atoms with Crippen LogP contribution in [-0.4, -0.2) is 5.91 Å². The molecule has 0 fully saturated rings. The van der Waals surface area contributed by atoms with Crippen LogP contribution in [0, 0.1) is 20.8 Å². The Morgan fingerprint density at radius 2 is 1.50 bits per heavy atom. The minimum absolute atomic E-state index is 0.381. The zero-order chi connectivity index (χ0) is 13.3. The van der Waals surface area contributed by atoms with E-state index in [0.29, 0.717) is 5.56 Å². The highest BCUT2D eigenvalue weighted by Crippen LogP contribution is 2.27. The van der Waals surface area contributed by atoms with Crippen LogP contribution in [0.1, 0.15) is 27.0 Å². The number of amides is 1. The zero-order valence-electron chi connectivity index (χ0n) is 10.9. The fourth-order valence-corrected chi connectivity index (χ4v) is 1.99. The first kappa shape index (κ1) is 12.4. The molecule has 0 heterocycles. The molecule has 2 nitrogen and oxygen atoms in total. The van der Waals surface area contributed by atoms with E-state index in [4.69, 9.17) is 5.73 Å². The molecule has 0 aliphatic rings. The second-order valence-corrected chi connectivity index (χ2v) is 4.71. The fourth-order valence-electron chi connectivity index (χ4n) is 1.99. The number of benzene rings is 2. The normalized spacial score (nSPS) is 10.4. The molecule has 0 saturated carbocycles. The van der Waals surface area contributed by atoms with Crippen molar-refractivity contribution >= 4 is 5.91 Å². The van der Waals surface area contributed by atoms with Crippen LogP contribution in [0.5, 0.6) is 0 Å². The van der Waals surface area contributed by atoms with Crippen molar-refractivity contribution in [3.05, 3.63) is 58.7 Å². The highest BCUT2D eigenvalue weighted by Gasteiger charge is 2.11. The zero-order valence-corrected chi connectivity index (χ0v) is 10.9. The molecule has 0 aliphatic carbocycles. The number of nitrogens with two attached hydrogens (primary N) is 1. The summed E-state index contributed by atoms with van der Waals surface area (Å²) in [5.41, 5.74) is 11.4. The Kier molecular flexibility index (Phi) is 3.19. The summed E-state index contributed by atoms with van der Waals surface area (Å²) in [7, 11) is 0. The van der Waals surface area contributed by atoms with Crippen LogP contribution < -0.4 is 5.73 Å². The maximum atomic E-state index is 11.5. The Morgan fingerprint density at radius 3 is 2.06 bits per heavy atom. The van der Waals surface area contributed by atoms with Gasteiger partial charge in [-0.2, -0.15) is 0 Å². The van der Waals surface area contributed by atoms with E-state index in [2.05, 4.69) is 0 Å². The molecule has 92 valence electrons. The number of hydrogen-bond acceptors (Lipinski definition) is 1. The van der Waals surface area contributed by atoms with Crippen molar-refractivity contribution in [2.75, 3.05) is 0 Å². The smallest absolute Gasteiger partial charge is 0.249 e. The average molecular weight is 239 g/mol. The molecule has 0 aliphatic heterocycles. The van der Waals surface area contributed by atoms with Gasteiger partial charge in [-0.1, -0.05) is 35.9 Å².